The number of hydrogen-bond acceptors (Lipinski definition) is 8. The highest BCUT2D eigenvalue weighted by Crippen LogP contribution is 2.42. The Morgan fingerprint density at radius 3 is 1.00 bits per heavy atom. The van der Waals surface area contributed by atoms with Gasteiger partial charge in [0.05, 0.1) is 51.8 Å². The lowest BCUT2D eigenvalue weighted by Crippen LogP contribution is -1.97. The van der Waals surface area contributed by atoms with Crippen LogP contribution in [0.4, 0.5) is 11.4 Å². The van der Waals surface area contributed by atoms with Crippen molar-refractivity contribution in [2.24, 2.45) is 0 Å². The zero-order valence-corrected chi connectivity index (χ0v) is 27.4. The van der Waals surface area contributed by atoms with Gasteiger partial charge in [0.2, 0.25) is 22.3 Å². The summed E-state index contributed by atoms with van der Waals surface area (Å²) in [5, 5.41) is 18.3. The summed E-state index contributed by atoms with van der Waals surface area (Å²) in [4.78, 5) is 6.56. The molecule has 240 valence electrons. The molecule has 0 aromatic heterocycles. The molecule has 0 spiro atoms. The fraction of sp³-hybridized carbons (Fsp3) is 0.333. The van der Waals surface area contributed by atoms with Crippen LogP contribution in [0.5, 0.6) is 34.5 Å². The summed E-state index contributed by atoms with van der Waals surface area (Å²) in [6, 6.07) is 22.6. The number of benzene rings is 4. The number of nitrogens with zero attached hydrogens (tertiary/aromatic N) is 4. The summed E-state index contributed by atoms with van der Waals surface area (Å²) in [7, 11) is 0. The highest BCUT2D eigenvalue weighted by molar-refractivity contribution is 5.79. The average Bonchev–Trinajstić information content (AvgIpc) is 3.07. The Morgan fingerprint density at radius 1 is 0.413 bits per heavy atom. The van der Waals surface area contributed by atoms with E-state index in [4.69, 9.17) is 39.2 Å². The van der Waals surface area contributed by atoms with E-state index in [1.54, 1.807) is 12.1 Å². The van der Waals surface area contributed by atoms with E-state index in [0.717, 1.165) is 33.8 Å². The van der Waals surface area contributed by atoms with Gasteiger partial charge in [0.1, 0.15) is 23.0 Å². The molecule has 0 N–H and O–H groups in total. The van der Waals surface area contributed by atoms with Crippen LogP contribution >= 0.6 is 0 Å². The SMILES string of the molecule is CCOc1ccc(-c2cc(OCC)c([N+]#N)cc2OCC)cc1.CCOc1ccc(-c2cc(OCC)c([N+]#N)cc2OCC)cc1. The number of rotatable bonds is 14. The second-order valence-electron chi connectivity index (χ2n) is 9.48. The Bertz CT molecular complexity index is 1500. The van der Waals surface area contributed by atoms with E-state index in [0.29, 0.717) is 74.0 Å². The predicted molar refractivity (Wildman–Crippen MR) is 180 cm³/mol. The number of ether oxygens (including phenoxy) is 6. The molecule has 4 rings (SSSR count). The smallest absolute Gasteiger partial charge is 0.430 e. The minimum atomic E-state index is 0.352. The molecule has 0 saturated carbocycles. The Labute approximate surface area is 271 Å². The van der Waals surface area contributed by atoms with Gasteiger partial charge in [-0.15, -0.1) is 0 Å². The molecule has 0 aliphatic carbocycles. The highest BCUT2D eigenvalue weighted by atomic mass is 16.5. The normalized spacial score (nSPS) is 10.0. The molecule has 4 aromatic carbocycles. The lowest BCUT2D eigenvalue weighted by atomic mass is 10.0. The van der Waals surface area contributed by atoms with E-state index in [2.05, 4.69) is 9.95 Å². The largest absolute Gasteiger partial charge is 0.494 e. The van der Waals surface area contributed by atoms with Crippen LogP contribution in [0.25, 0.3) is 32.2 Å². The molecule has 0 heterocycles. The topological polar surface area (TPSA) is 112 Å². The van der Waals surface area contributed by atoms with E-state index in [1.165, 1.54) is 0 Å². The first kappa shape index (κ1) is 35.0. The molecule has 0 atom stereocenters. The van der Waals surface area contributed by atoms with Gasteiger partial charge in [0.15, 0.2) is 9.95 Å². The quantitative estimate of drug-likeness (QED) is 0.127. The first-order chi connectivity index (χ1) is 22.5. The van der Waals surface area contributed by atoms with Crippen molar-refractivity contribution in [2.75, 3.05) is 39.6 Å². The first-order valence-corrected chi connectivity index (χ1v) is 15.5. The van der Waals surface area contributed by atoms with Crippen molar-refractivity contribution in [3.8, 4) is 56.8 Å². The van der Waals surface area contributed by atoms with Crippen LogP contribution in [0.15, 0.2) is 72.8 Å². The van der Waals surface area contributed by atoms with Gasteiger partial charge in [-0.2, -0.15) is 0 Å². The van der Waals surface area contributed by atoms with E-state index in [-0.39, 0.29) is 0 Å². The van der Waals surface area contributed by atoms with Gasteiger partial charge in [-0.25, -0.2) is 0 Å². The third-order valence-electron chi connectivity index (χ3n) is 6.49. The van der Waals surface area contributed by atoms with Crippen LogP contribution in [-0.2, 0) is 0 Å². The van der Waals surface area contributed by atoms with Crippen molar-refractivity contribution in [1.82, 2.24) is 0 Å². The summed E-state index contributed by atoms with van der Waals surface area (Å²) in [5.41, 5.74) is 4.41. The molecular formula is C36H42N4O6+2. The molecule has 0 aliphatic heterocycles. The summed E-state index contributed by atoms with van der Waals surface area (Å²) in [5.74, 6) is 3.97. The van der Waals surface area contributed by atoms with Crippen molar-refractivity contribution in [2.45, 2.75) is 41.5 Å². The Hall–Kier alpha value is -5.48. The maximum Gasteiger partial charge on any atom is 0.430 e. The minimum absolute atomic E-state index is 0.352. The summed E-state index contributed by atoms with van der Waals surface area (Å²) >= 11 is 0. The molecule has 0 saturated heterocycles. The van der Waals surface area contributed by atoms with E-state index >= 15 is 0 Å². The number of hydrogen-bond donors (Lipinski definition) is 0. The molecular weight excluding hydrogens is 584 g/mol. The van der Waals surface area contributed by atoms with Crippen LogP contribution in [-0.4, -0.2) is 39.6 Å². The van der Waals surface area contributed by atoms with Gasteiger partial charge in [-0.1, -0.05) is 24.3 Å². The van der Waals surface area contributed by atoms with Crippen LogP contribution < -0.4 is 28.4 Å². The monoisotopic (exact) mass is 626 g/mol. The first-order valence-electron chi connectivity index (χ1n) is 15.5. The second-order valence-corrected chi connectivity index (χ2v) is 9.48. The molecule has 0 amide bonds. The van der Waals surface area contributed by atoms with Crippen molar-refractivity contribution < 1.29 is 28.4 Å². The zero-order valence-electron chi connectivity index (χ0n) is 27.4. The molecule has 0 unspecified atom stereocenters. The Kier molecular flexibility index (Phi) is 14.0. The van der Waals surface area contributed by atoms with Crippen LogP contribution in [0, 0.1) is 10.8 Å². The van der Waals surface area contributed by atoms with Crippen molar-refractivity contribution in [1.29, 1.82) is 10.8 Å². The van der Waals surface area contributed by atoms with Gasteiger partial charge in [-0.05, 0) is 76.9 Å². The Morgan fingerprint density at radius 2 is 0.717 bits per heavy atom. The molecule has 0 fully saturated rings. The second kappa shape index (κ2) is 18.4. The van der Waals surface area contributed by atoms with Gasteiger partial charge in [0, 0.05) is 23.3 Å². The Balaban J connectivity index is 0.000000250. The van der Waals surface area contributed by atoms with Gasteiger partial charge in [-0.3, -0.25) is 0 Å². The minimum Gasteiger partial charge on any atom is -0.494 e. The summed E-state index contributed by atoms with van der Waals surface area (Å²) in [6.45, 7) is 14.8. The molecule has 0 bridgehead atoms. The maximum atomic E-state index is 9.17. The van der Waals surface area contributed by atoms with Crippen molar-refractivity contribution >= 4 is 11.4 Å². The lowest BCUT2D eigenvalue weighted by molar-refractivity contribution is 0.333. The third-order valence-corrected chi connectivity index (χ3v) is 6.49. The van der Waals surface area contributed by atoms with E-state index in [9.17, 15) is 0 Å². The van der Waals surface area contributed by atoms with E-state index in [1.807, 2.05) is 102 Å². The van der Waals surface area contributed by atoms with Gasteiger partial charge < -0.3 is 28.4 Å². The van der Waals surface area contributed by atoms with E-state index < -0.39 is 0 Å². The summed E-state index contributed by atoms with van der Waals surface area (Å²) < 4.78 is 33.4. The fourth-order valence-corrected chi connectivity index (χ4v) is 4.59. The molecule has 46 heavy (non-hydrogen) atoms. The summed E-state index contributed by atoms with van der Waals surface area (Å²) in [6.07, 6.45) is 0. The van der Waals surface area contributed by atoms with Gasteiger partial charge in [0.25, 0.3) is 0 Å². The number of diazo groups is 2. The predicted octanol–water partition coefficient (Wildman–Crippen LogP) is 10.1. The maximum absolute atomic E-state index is 9.17. The fourth-order valence-electron chi connectivity index (χ4n) is 4.59. The third kappa shape index (κ3) is 9.26. The average molecular weight is 627 g/mol. The molecule has 10 nitrogen and oxygen atoms in total. The lowest BCUT2D eigenvalue weighted by Gasteiger charge is -2.12. The molecule has 10 heteroatoms. The highest BCUT2D eigenvalue weighted by Gasteiger charge is 2.23. The van der Waals surface area contributed by atoms with Crippen LogP contribution in [0.2, 0.25) is 0 Å². The zero-order chi connectivity index (χ0) is 33.3. The molecule has 0 radical (unpaired) electrons. The van der Waals surface area contributed by atoms with Crippen LogP contribution in [0.1, 0.15) is 41.5 Å². The van der Waals surface area contributed by atoms with Crippen LogP contribution in [0.3, 0.4) is 0 Å². The van der Waals surface area contributed by atoms with Crippen molar-refractivity contribution in [3.05, 3.63) is 82.7 Å². The van der Waals surface area contributed by atoms with Gasteiger partial charge >= 0.3 is 11.4 Å². The molecule has 4 aromatic rings. The van der Waals surface area contributed by atoms with Crippen molar-refractivity contribution in [3.63, 3.8) is 0 Å². The standard InChI is InChI=1S/2C18H21N2O3/c2*1-4-21-14-9-7-13(8-10-14)15-11-18(23-6-3)16(20-19)12-17(15)22-5-2/h2*7-12H,4-6H2,1-3H3/q2*+1. The molecule has 0 aliphatic rings.